The van der Waals surface area contributed by atoms with Crippen molar-refractivity contribution in [3.05, 3.63) is 83.4 Å². The average molecular weight is 477 g/mol. The highest BCUT2D eigenvalue weighted by atomic mass is 16.5. The molecule has 2 heterocycles. The highest BCUT2D eigenvalue weighted by Gasteiger charge is 2.45. The molecule has 1 unspecified atom stereocenters. The van der Waals surface area contributed by atoms with Crippen molar-refractivity contribution in [1.82, 2.24) is 9.80 Å². The van der Waals surface area contributed by atoms with Crippen LogP contribution in [0, 0.1) is 6.92 Å². The van der Waals surface area contributed by atoms with E-state index in [0.29, 0.717) is 49.7 Å². The minimum Gasteiger partial charge on any atom is -0.507 e. The van der Waals surface area contributed by atoms with Crippen LogP contribution >= 0.6 is 0 Å². The van der Waals surface area contributed by atoms with E-state index in [-0.39, 0.29) is 11.3 Å². The highest BCUT2D eigenvalue weighted by Crippen LogP contribution is 2.40. The smallest absolute Gasteiger partial charge is 0.295 e. The van der Waals surface area contributed by atoms with Crippen molar-refractivity contribution in [2.24, 2.45) is 0 Å². The second-order valence-corrected chi connectivity index (χ2v) is 8.84. The molecule has 2 aliphatic heterocycles. The van der Waals surface area contributed by atoms with Gasteiger partial charge >= 0.3 is 0 Å². The molecule has 1 amide bonds. The Labute approximate surface area is 206 Å². The van der Waals surface area contributed by atoms with Crippen molar-refractivity contribution < 1.29 is 24.2 Å². The number of amides is 1. The van der Waals surface area contributed by atoms with Gasteiger partial charge in [0.1, 0.15) is 18.1 Å². The number of ketones is 1. The molecule has 2 fully saturated rings. The summed E-state index contributed by atoms with van der Waals surface area (Å²) in [5.74, 6) is -0.821. The molecule has 0 saturated carbocycles. The van der Waals surface area contributed by atoms with Gasteiger partial charge in [0.25, 0.3) is 11.7 Å². The number of Topliss-reactive ketones (excluding diaryl/α,β-unsaturated/α-hetero) is 1. The number of aliphatic hydroxyl groups is 1. The Morgan fingerprint density at radius 2 is 1.89 bits per heavy atom. The number of benzene rings is 2. The van der Waals surface area contributed by atoms with E-state index in [4.69, 9.17) is 9.47 Å². The summed E-state index contributed by atoms with van der Waals surface area (Å²) in [5, 5.41) is 11.2. The van der Waals surface area contributed by atoms with Crippen molar-refractivity contribution in [2.45, 2.75) is 19.4 Å². The maximum absolute atomic E-state index is 13.2. The lowest BCUT2D eigenvalue weighted by Gasteiger charge is -2.29. The number of nitrogens with zero attached hydrogens (tertiary/aromatic N) is 2. The SMILES string of the molecule is C=CCOc1cccc(C2/C(=C(/O)c3ccc(C)cc3)C(=O)C(=O)N2CCCN2CCOCC2)c1. The first-order valence-electron chi connectivity index (χ1n) is 12.0. The summed E-state index contributed by atoms with van der Waals surface area (Å²) in [5.41, 5.74) is 2.36. The van der Waals surface area contributed by atoms with Crippen LogP contribution in [0.1, 0.15) is 29.2 Å². The van der Waals surface area contributed by atoms with Crippen LogP contribution in [0.4, 0.5) is 0 Å². The topological polar surface area (TPSA) is 79.3 Å². The van der Waals surface area contributed by atoms with Gasteiger partial charge in [-0.15, -0.1) is 0 Å². The third kappa shape index (κ3) is 5.63. The van der Waals surface area contributed by atoms with E-state index in [9.17, 15) is 14.7 Å². The number of carbonyl (C=O) groups excluding carboxylic acids is 2. The molecule has 4 rings (SSSR count). The number of carbonyl (C=O) groups is 2. The molecule has 35 heavy (non-hydrogen) atoms. The maximum Gasteiger partial charge on any atom is 0.295 e. The summed E-state index contributed by atoms with van der Waals surface area (Å²) in [4.78, 5) is 30.3. The Kier molecular flexibility index (Phi) is 8.00. The third-order valence-electron chi connectivity index (χ3n) is 6.38. The fraction of sp³-hybridized carbons (Fsp3) is 0.357. The van der Waals surface area contributed by atoms with Crippen LogP contribution in [0.2, 0.25) is 0 Å². The largest absolute Gasteiger partial charge is 0.507 e. The number of ether oxygens (including phenoxy) is 2. The molecule has 7 nitrogen and oxygen atoms in total. The van der Waals surface area contributed by atoms with Crippen LogP contribution in [0.5, 0.6) is 5.75 Å². The summed E-state index contributed by atoms with van der Waals surface area (Å²) in [6, 6.07) is 13.9. The third-order valence-corrected chi connectivity index (χ3v) is 6.38. The number of hydrogen-bond donors (Lipinski definition) is 1. The van der Waals surface area contributed by atoms with Gasteiger partial charge in [0.05, 0.1) is 24.8 Å². The zero-order valence-electron chi connectivity index (χ0n) is 20.1. The van der Waals surface area contributed by atoms with Crippen molar-refractivity contribution in [3.8, 4) is 5.75 Å². The summed E-state index contributed by atoms with van der Waals surface area (Å²) in [6.07, 6.45) is 2.36. The predicted octanol–water partition coefficient (Wildman–Crippen LogP) is 3.70. The minimum atomic E-state index is -0.701. The summed E-state index contributed by atoms with van der Waals surface area (Å²) < 4.78 is 11.1. The molecular weight excluding hydrogens is 444 g/mol. The first-order valence-corrected chi connectivity index (χ1v) is 12.0. The van der Waals surface area contributed by atoms with Gasteiger partial charge in [-0.2, -0.15) is 0 Å². The second kappa shape index (κ2) is 11.3. The number of likely N-dealkylation sites (tertiary alicyclic amines) is 1. The van der Waals surface area contributed by atoms with E-state index in [1.54, 1.807) is 23.1 Å². The number of hydrogen-bond acceptors (Lipinski definition) is 6. The monoisotopic (exact) mass is 476 g/mol. The Morgan fingerprint density at radius 1 is 1.14 bits per heavy atom. The van der Waals surface area contributed by atoms with E-state index in [1.165, 1.54) is 0 Å². The van der Waals surface area contributed by atoms with Gasteiger partial charge in [0.15, 0.2) is 0 Å². The molecule has 0 aromatic heterocycles. The van der Waals surface area contributed by atoms with Crippen molar-refractivity contribution in [1.29, 1.82) is 0 Å². The van der Waals surface area contributed by atoms with Gasteiger partial charge in [0, 0.05) is 31.7 Å². The molecule has 0 bridgehead atoms. The fourth-order valence-corrected chi connectivity index (χ4v) is 4.54. The molecule has 2 aromatic rings. The van der Waals surface area contributed by atoms with Crippen molar-refractivity contribution >= 4 is 17.4 Å². The number of morpholine rings is 1. The number of rotatable bonds is 9. The fourth-order valence-electron chi connectivity index (χ4n) is 4.54. The lowest BCUT2D eigenvalue weighted by molar-refractivity contribution is -0.140. The summed E-state index contributed by atoms with van der Waals surface area (Å²) in [7, 11) is 0. The van der Waals surface area contributed by atoms with Gasteiger partial charge in [-0.1, -0.05) is 54.6 Å². The molecule has 7 heteroatoms. The second-order valence-electron chi connectivity index (χ2n) is 8.84. The molecule has 2 saturated heterocycles. The van der Waals surface area contributed by atoms with E-state index >= 15 is 0 Å². The van der Waals surface area contributed by atoms with Crippen LogP contribution in [0.25, 0.3) is 5.76 Å². The Morgan fingerprint density at radius 3 is 2.60 bits per heavy atom. The van der Waals surface area contributed by atoms with E-state index in [0.717, 1.165) is 25.2 Å². The van der Waals surface area contributed by atoms with Crippen LogP contribution in [-0.2, 0) is 14.3 Å². The Bertz CT molecular complexity index is 1100. The van der Waals surface area contributed by atoms with E-state index in [2.05, 4.69) is 11.5 Å². The van der Waals surface area contributed by atoms with Crippen molar-refractivity contribution in [3.63, 3.8) is 0 Å². The van der Waals surface area contributed by atoms with Crippen LogP contribution in [0.15, 0.2) is 66.8 Å². The van der Waals surface area contributed by atoms with Gasteiger partial charge in [-0.3, -0.25) is 14.5 Å². The Hall–Kier alpha value is -3.42. The molecule has 0 spiro atoms. The van der Waals surface area contributed by atoms with Gasteiger partial charge < -0.3 is 19.5 Å². The first-order chi connectivity index (χ1) is 17.0. The highest BCUT2D eigenvalue weighted by molar-refractivity contribution is 6.46. The molecule has 1 atom stereocenters. The zero-order chi connectivity index (χ0) is 24.8. The molecule has 1 N–H and O–H groups in total. The van der Waals surface area contributed by atoms with Crippen LogP contribution < -0.4 is 4.74 Å². The molecule has 2 aliphatic rings. The lowest BCUT2D eigenvalue weighted by Crippen LogP contribution is -2.38. The van der Waals surface area contributed by atoms with Crippen LogP contribution in [0.3, 0.4) is 0 Å². The van der Waals surface area contributed by atoms with E-state index < -0.39 is 17.7 Å². The average Bonchev–Trinajstić information content (AvgIpc) is 3.13. The minimum absolute atomic E-state index is 0.103. The van der Waals surface area contributed by atoms with Gasteiger partial charge in [-0.25, -0.2) is 0 Å². The standard InChI is InChI=1S/C28H32N2O5/c1-3-16-35-23-7-4-6-22(19-23)25-24(26(31)21-10-8-20(2)9-11-21)27(32)28(33)30(25)13-5-12-29-14-17-34-18-15-29/h3-4,6-11,19,25,31H,1,5,12-18H2,2H3/b26-24-. The lowest BCUT2D eigenvalue weighted by atomic mass is 9.95. The molecule has 0 aliphatic carbocycles. The van der Waals surface area contributed by atoms with Gasteiger partial charge in [-0.05, 0) is 31.0 Å². The van der Waals surface area contributed by atoms with Crippen molar-refractivity contribution in [2.75, 3.05) is 46.0 Å². The van der Waals surface area contributed by atoms with Gasteiger partial charge in [0.2, 0.25) is 0 Å². The molecule has 0 radical (unpaired) electrons. The number of aliphatic hydroxyl groups excluding tert-OH is 1. The Balaban J connectivity index is 1.68. The number of aryl methyl sites for hydroxylation is 1. The molecular formula is C28H32N2O5. The van der Waals surface area contributed by atoms with E-state index in [1.807, 2.05) is 43.3 Å². The first kappa shape index (κ1) is 24.7. The van der Waals surface area contributed by atoms with Crippen LogP contribution in [-0.4, -0.2) is 72.6 Å². The normalized spacial score (nSPS) is 20.3. The predicted molar refractivity (Wildman–Crippen MR) is 134 cm³/mol. The summed E-state index contributed by atoms with van der Waals surface area (Å²) in [6.45, 7) is 10.3. The quantitative estimate of drug-likeness (QED) is 0.257. The molecule has 2 aromatic carbocycles. The molecule has 184 valence electrons. The zero-order valence-corrected chi connectivity index (χ0v) is 20.1. The summed E-state index contributed by atoms with van der Waals surface area (Å²) >= 11 is 0. The maximum atomic E-state index is 13.2.